The molecule has 0 fully saturated rings. The van der Waals surface area contributed by atoms with Crippen molar-refractivity contribution in [2.45, 2.75) is 12.9 Å². The van der Waals surface area contributed by atoms with Gasteiger partial charge in [0.25, 0.3) is 0 Å². The van der Waals surface area contributed by atoms with E-state index in [0.717, 1.165) is 0 Å². The van der Waals surface area contributed by atoms with Gasteiger partial charge in [-0.3, -0.25) is 4.79 Å². The number of hydrogen-bond acceptors (Lipinski definition) is 2. The molecule has 0 aromatic heterocycles. The quantitative estimate of drug-likeness (QED) is 0.454. The van der Waals surface area contributed by atoms with Crippen molar-refractivity contribution in [1.82, 2.24) is 0 Å². The Kier molecular flexibility index (Phi) is 0.569. The number of rotatable bonds is 1. The van der Waals surface area contributed by atoms with Crippen LogP contribution in [-0.4, -0.2) is 17.1 Å². The van der Waals surface area contributed by atoms with Crippen LogP contribution >= 0.6 is 0 Å². The minimum Gasteiger partial charge on any atom is -0.480 e. The molecule has 0 saturated carbocycles. The van der Waals surface area contributed by atoms with E-state index in [9.17, 15) is 4.79 Å². The maximum atomic E-state index is 9.91. The van der Waals surface area contributed by atoms with E-state index in [0.29, 0.717) is 0 Å². The van der Waals surface area contributed by atoms with Crippen LogP contribution in [0.1, 0.15) is 11.0 Å². The molecule has 0 aromatic rings. The maximum absolute atomic E-state index is 9.91. The molecule has 0 amide bonds. The molecule has 0 heterocycles. The Balaban J connectivity index is 4.19. The zero-order valence-electron chi connectivity index (χ0n) is 6.01. The molecule has 3 nitrogen and oxygen atoms in total. The van der Waals surface area contributed by atoms with Crippen LogP contribution in [0.2, 0.25) is 0 Å². The van der Waals surface area contributed by atoms with Crippen LogP contribution in [0, 0.1) is 0 Å². The Labute approximate surface area is 40.0 Å². The Hall–Kier alpha value is -0.570. The molecule has 0 aliphatic carbocycles. The molecular weight excluding hydrogens is 82.0 g/mol. The topological polar surface area (TPSA) is 63.3 Å². The van der Waals surface area contributed by atoms with Crippen molar-refractivity contribution in [1.29, 1.82) is 0 Å². The van der Waals surface area contributed by atoms with Gasteiger partial charge >= 0.3 is 5.97 Å². The van der Waals surface area contributed by atoms with Crippen LogP contribution < -0.4 is 5.73 Å². The highest BCUT2D eigenvalue weighted by atomic mass is 16.4. The standard InChI is InChI=1S/C3H7NO2/c1-2(4)3(5)6/h2H,4H2,1H3,(H,5,6)/t2-/m0/s1/i1D2,2D. The van der Waals surface area contributed by atoms with E-state index < -0.39 is 18.9 Å². The second-order valence-corrected chi connectivity index (χ2v) is 0.760. The van der Waals surface area contributed by atoms with Crippen LogP contribution in [0.25, 0.3) is 0 Å². The molecular formula is C3H7NO2. The summed E-state index contributed by atoms with van der Waals surface area (Å²) in [7, 11) is 0. The molecule has 0 unspecified atom stereocenters. The minimum atomic E-state index is -2.50. The van der Waals surface area contributed by atoms with Gasteiger partial charge in [0.1, 0.15) is 6.02 Å². The molecule has 0 rings (SSSR count). The molecule has 3 N–H and O–H groups in total. The summed E-state index contributed by atoms with van der Waals surface area (Å²) in [6.07, 6.45) is 0. The Bertz CT molecular complexity index is 124. The first-order valence-electron chi connectivity index (χ1n) is 2.91. The number of carboxylic acid groups (broad SMARTS) is 1. The van der Waals surface area contributed by atoms with Gasteiger partial charge in [-0.05, 0) is 6.88 Å². The summed E-state index contributed by atoms with van der Waals surface area (Å²) >= 11 is 0. The molecule has 0 radical (unpaired) electrons. The van der Waals surface area contributed by atoms with Crippen molar-refractivity contribution in [2.24, 2.45) is 5.73 Å². The molecule has 0 bridgehead atoms. The lowest BCUT2D eigenvalue weighted by Gasteiger charge is -1.90. The van der Waals surface area contributed by atoms with Crippen molar-refractivity contribution in [2.75, 3.05) is 0 Å². The maximum Gasteiger partial charge on any atom is 0.320 e. The van der Waals surface area contributed by atoms with Gasteiger partial charge in [0.2, 0.25) is 0 Å². The van der Waals surface area contributed by atoms with Crippen LogP contribution in [0.4, 0.5) is 0 Å². The molecule has 0 aromatic carbocycles. The summed E-state index contributed by atoms with van der Waals surface area (Å²) in [5.41, 5.74) is 4.69. The SMILES string of the molecule is [2H]C([2H])[C@]([2H])(N)C(=O)O. The van der Waals surface area contributed by atoms with Crippen molar-refractivity contribution in [3.05, 3.63) is 0 Å². The minimum absolute atomic E-state index is 1.66. The summed E-state index contributed by atoms with van der Waals surface area (Å²) in [5.74, 6) is -1.66. The van der Waals surface area contributed by atoms with Crippen LogP contribution in [0.3, 0.4) is 0 Å². The third-order valence-corrected chi connectivity index (χ3v) is 0.247. The number of carboxylic acids is 1. The highest BCUT2D eigenvalue weighted by Crippen LogP contribution is 1.68. The summed E-state index contributed by atoms with van der Waals surface area (Å²) in [6, 6.07) is -2.50. The van der Waals surface area contributed by atoms with Gasteiger partial charge in [-0.2, -0.15) is 0 Å². The predicted octanol–water partition coefficient (Wildman–Crippen LogP) is -0.582. The second-order valence-electron chi connectivity index (χ2n) is 0.760. The highest BCUT2D eigenvalue weighted by molar-refractivity contribution is 5.72. The van der Waals surface area contributed by atoms with Gasteiger partial charge in [0.05, 0.1) is 1.37 Å². The molecule has 0 aliphatic rings. The first kappa shape index (κ1) is 1.93. The van der Waals surface area contributed by atoms with Crippen LogP contribution in [0.15, 0.2) is 0 Å². The molecule has 3 heteroatoms. The Morgan fingerprint density at radius 3 is 3.00 bits per heavy atom. The molecule has 0 spiro atoms. The zero-order valence-corrected chi connectivity index (χ0v) is 3.01. The first-order chi connectivity index (χ1) is 3.89. The molecule has 6 heavy (non-hydrogen) atoms. The third-order valence-electron chi connectivity index (χ3n) is 0.247. The summed E-state index contributed by atoms with van der Waals surface area (Å²) in [4.78, 5) is 9.91. The average molecular weight is 92.1 g/mol. The lowest BCUT2D eigenvalue weighted by molar-refractivity contribution is -0.138. The van der Waals surface area contributed by atoms with E-state index in [1.807, 2.05) is 0 Å². The Morgan fingerprint density at radius 1 is 2.50 bits per heavy atom. The van der Waals surface area contributed by atoms with Crippen LogP contribution in [0.5, 0.6) is 0 Å². The lowest BCUT2D eigenvalue weighted by Crippen LogP contribution is -2.25. The fourth-order valence-corrected chi connectivity index (χ4v) is 0. The number of aliphatic carboxylic acids is 1. The Morgan fingerprint density at radius 2 is 3.00 bits per heavy atom. The van der Waals surface area contributed by atoms with Crippen LogP contribution in [-0.2, 0) is 4.79 Å². The van der Waals surface area contributed by atoms with E-state index in [2.05, 4.69) is 0 Å². The predicted molar refractivity (Wildman–Crippen MR) is 21.3 cm³/mol. The second kappa shape index (κ2) is 1.77. The van der Waals surface area contributed by atoms with Gasteiger partial charge in [0, 0.05) is 2.74 Å². The summed E-state index contributed by atoms with van der Waals surface area (Å²) in [5, 5.41) is 8.06. The first-order valence-corrected chi connectivity index (χ1v) is 1.26. The van der Waals surface area contributed by atoms with E-state index in [4.69, 9.17) is 15.0 Å². The van der Waals surface area contributed by atoms with Gasteiger partial charge < -0.3 is 10.8 Å². The van der Waals surface area contributed by atoms with Crippen molar-refractivity contribution in [3.63, 3.8) is 0 Å². The number of nitrogens with two attached hydrogens (primary N) is 1. The van der Waals surface area contributed by atoms with Crippen molar-refractivity contribution >= 4 is 5.97 Å². The molecule has 36 valence electrons. The van der Waals surface area contributed by atoms with E-state index in [-0.39, 0.29) is 0 Å². The van der Waals surface area contributed by atoms with E-state index in [1.54, 1.807) is 0 Å². The van der Waals surface area contributed by atoms with Gasteiger partial charge in [-0.25, -0.2) is 0 Å². The average Bonchev–Trinajstić information content (AvgIpc) is 1.65. The summed E-state index contributed by atoms with van der Waals surface area (Å²) in [6.45, 7) is -1.87. The summed E-state index contributed by atoms with van der Waals surface area (Å²) < 4.78 is 19.6. The van der Waals surface area contributed by atoms with Gasteiger partial charge in [-0.15, -0.1) is 0 Å². The van der Waals surface area contributed by atoms with Gasteiger partial charge in [0.15, 0.2) is 0 Å². The lowest BCUT2D eigenvalue weighted by atomic mass is 10.4. The normalized spacial score (nSPS) is 26.7. The monoisotopic (exact) mass is 92.1 g/mol. The molecule has 0 saturated heterocycles. The van der Waals surface area contributed by atoms with E-state index >= 15 is 0 Å². The zero-order chi connectivity index (χ0) is 7.65. The third kappa shape index (κ3) is 1.72. The smallest absolute Gasteiger partial charge is 0.320 e. The van der Waals surface area contributed by atoms with E-state index in [1.165, 1.54) is 0 Å². The molecule has 0 aliphatic heterocycles. The van der Waals surface area contributed by atoms with Crippen molar-refractivity contribution in [3.8, 4) is 0 Å². The number of hydrogen-bond donors (Lipinski definition) is 2. The molecule has 1 atom stereocenters. The number of carbonyl (C=O) groups is 1. The van der Waals surface area contributed by atoms with Gasteiger partial charge in [-0.1, -0.05) is 0 Å². The fourth-order valence-electron chi connectivity index (χ4n) is 0. The largest absolute Gasteiger partial charge is 0.480 e. The van der Waals surface area contributed by atoms with Crippen molar-refractivity contribution < 1.29 is 14.0 Å². The highest BCUT2D eigenvalue weighted by Gasteiger charge is 1.99. The fraction of sp³-hybridized carbons (Fsp3) is 0.667.